The van der Waals surface area contributed by atoms with Gasteiger partial charge in [-0.15, -0.1) is 21.5 Å². The molecule has 136 valence electrons. The molecule has 1 amide bonds. The van der Waals surface area contributed by atoms with Crippen molar-refractivity contribution in [2.45, 2.75) is 57.8 Å². The lowest BCUT2D eigenvalue weighted by Gasteiger charge is -2.34. The van der Waals surface area contributed by atoms with E-state index in [-0.39, 0.29) is 5.91 Å². The van der Waals surface area contributed by atoms with Gasteiger partial charge in [0, 0.05) is 12.6 Å². The van der Waals surface area contributed by atoms with Gasteiger partial charge in [0.25, 0.3) is 0 Å². The minimum atomic E-state index is 0.0966. The molecule has 0 spiro atoms. The van der Waals surface area contributed by atoms with E-state index in [0.717, 1.165) is 28.8 Å². The number of hydrogen-bond donors (Lipinski definition) is 1. The highest BCUT2D eigenvalue weighted by Gasteiger charge is 2.28. The van der Waals surface area contributed by atoms with Gasteiger partial charge in [-0.2, -0.15) is 0 Å². The van der Waals surface area contributed by atoms with Crippen LogP contribution in [0, 0.1) is 11.8 Å². The van der Waals surface area contributed by atoms with E-state index < -0.39 is 0 Å². The molecule has 0 bridgehead atoms. The lowest BCUT2D eigenvalue weighted by Crippen LogP contribution is -2.44. The molecule has 1 saturated carbocycles. The Kier molecular flexibility index (Phi) is 6.17. The number of rotatable bonds is 6. The molecule has 1 N–H and O–H groups in total. The highest BCUT2D eigenvalue weighted by atomic mass is 32.2. The van der Waals surface area contributed by atoms with Crippen molar-refractivity contribution in [1.29, 1.82) is 0 Å². The van der Waals surface area contributed by atoms with E-state index in [2.05, 4.69) is 40.9 Å². The molecule has 0 unspecified atom stereocenters. The minimum absolute atomic E-state index is 0.0966. The summed E-state index contributed by atoms with van der Waals surface area (Å²) in [6.07, 6.45) is 3.57. The van der Waals surface area contributed by atoms with Crippen LogP contribution in [0.15, 0.2) is 22.7 Å². The Balaban J connectivity index is 1.59. The molecule has 7 heteroatoms. The van der Waals surface area contributed by atoms with Crippen molar-refractivity contribution in [3.8, 4) is 10.7 Å². The Bertz CT molecular complexity index is 698. The average molecular weight is 379 g/mol. The van der Waals surface area contributed by atoms with E-state index in [1.54, 1.807) is 11.3 Å². The van der Waals surface area contributed by atoms with Gasteiger partial charge in [-0.05, 0) is 36.6 Å². The summed E-state index contributed by atoms with van der Waals surface area (Å²) in [4.78, 5) is 13.5. The Morgan fingerprint density at radius 2 is 2.24 bits per heavy atom. The molecule has 5 nitrogen and oxygen atoms in total. The summed E-state index contributed by atoms with van der Waals surface area (Å²) in [5.41, 5.74) is 0. The smallest absolute Gasteiger partial charge is 0.230 e. The molecule has 0 saturated heterocycles. The molecule has 3 rings (SSSR count). The number of aromatic nitrogens is 3. The molecule has 0 aromatic carbocycles. The van der Waals surface area contributed by atoms with E-state index in [0.29, 0.717) is 23.6 Å². The van der Waals surface area contributed by atoms with Crippen molar-refractivity contribution in [2.75, 3.05) is 5.75 Å². The fourth-order valence-corrected chi connectivity index (χ4v) is 4.96. The fourth-order valence-electron chi connectivity index (χ4n) is 3.43. The normalized spacial score (nSPS) is 23.6. The first-order valence-electron chi connectivity index (χ1n) is 8.99. The summed E-state index contributed by atoms with van der Waals surface area (Å²) in [5.74, 6) is 2.60. The Morgan fingerprint density at radius 1 is 1.40 bits per heavy atom. The van der Waals surface area contributed by atoms with Gasteiger partial charge < -0.3 is 9.88 Å². The van der Waals surface area contributed by atoms with Crippen LogP contribution in [0.2, 0.25) is 0 Å². The van der Waals surface area contributed by atoms with Crippen LogP contribution in [0.5, 0.6) is 0 Å². The van der Waals surface area contributed by atoms with E-state index >= 15 is 0 Å². The van der Waals surface area contributed by atoms with Gasteiger partial charge in [-0.3, -0.25) is 4.79 Å². The van der Waals surface area contributed by atoms with Gasteiger partial charge >= 0.3 is 0 Å². The summed E-state index contributed by atoms with van der Waals surface area (Å²) < 4.78 is 2.08. The van der Waals surface area contributed by atoms with Crippen LogP contribution in [0.4, 0.5) is 0 Å². The number of thioether (sulfide) groups is 1. The number of nitrogens with zero attached hydrogens (tertiary/aromatic N) is 3. The topological polar surface area (TPSA) is 59.8 Å². The summed E-state index contributed by atoms with van der Waals surface area (Å²) in [5, 5.41) is 14.7. The second-order valence-electron chi connectivity index (χ2n) is 6.76. The van der Waals surface area contributed by atoms with E-state index in [9.17, 15) is 4.79 Å². The van der Waals surface area contributed by atoms with Crippen LogP contribution in [-0.2, 0) is 11.3 Å². The zero-order chi connectivity index (χ0) is 17.8. The molecular weight excluding hydrogens is 352 g/mol. The number of nitrogens with one attached hydrogen (secondary N) is 1. The maximum absolute atomic E-state index is 12.4. The van der Waals surface area contributed by atoms with Crippen molar-refractivity contribution in [3.05, 3.63) is 17.5 Å². The third-order valence-corrected chi connectivity index (χ3v) is 6.99. The molecule has 1 aliphatic carbocycles. The van der Waals surface area contributed by atoms with E-state index in [4.69, 9.17) is 0 Å². The molecule has 1 fully saturated rings. The van der Waals surface area contributed by atoms with Crippen LogP contribution in [-0.4, -0.2) is 32.5 Å². The first-order valence-corrected chi connectivity index (χ1v) is 10.9. The highest BCUT2D eigenvalue weighted by Crippen LogP contribution is 2.30. The molecule has 2 heterocycles. The van der Waals surface area contributed by atoms with Gasteiger partial charge in [0.15, 0.2) is 11.0 Å². The minimum Gasteiger partial charge on any atom is -0.352 e. The monoisotopic (exact) mass is 378 g/mol. The average Bonchev–Trinajstić information content (AvgIpc) is 3.25. The molecule has 0 radical (unpaired) electrons. The lowest BCUT2D eigenvalue weighted by atomic mass is 9.78. The third kappa shape index (κ3) is 4.26. The van der Waals surface area contributed by atoms with Gasteiger partial charge in [-0.1, -0.05) is 44.5 Å². The maximum atomic E-state index is 12.4. The molecule has 0 aliphatic heterocycles. The predicted molar refractivity (Wildman–Crippen MR) is 104 cm³/mol. The maximum Gasteiger partial charge on any atom is 0.230 e. The second kappa shape index (κ2) is 8.36. The number of hydrogen-bond acceptors (Lipinski definition) is 5. The SMILES string of the molecule is CCn1c(SCC(=O)N[C@H]2CCC[C@@H](C)[C@@H]2C)nnc1-c1cccs1. The summed E-state index contributed by atoms with van der Waals surface area (Å²) in [7, 11) is 0. The third-order valence-electron chi connectivity index (χ3n) is 5.16. The number of carbonyl (C=O) groups is 1. The van der Waals surface area contributed by atoms with Crippen molar-refractivity contribution in [1.82, 2.24) is 20.1 Å². The Labute approximate surface area is 157 Å². The van der Waals surface area contributed by atoms with Gasteiger partial charge in [0.05, 0.1) is 10.6 Å². The summed E-state index contributed by atoms with van der Waals surface area (Å²) >= 11 is 3.13. The van der Waals surface area contributed by atoms with Gasteiger partial charge in [-0.25, -0.2) is 0 Å². The molecule has 2 aromatic rings. The first-order chi connectivity index (χ1) is 12.1. The van der Waals surface area contributed by atoms with E-state index in [1.165, 1.54) is 24.6 Å². The molecule has 25 heavy (non-hydrogen) atoms. The number of thiophene rings is 1. The van der Waals surface area contributed by atoms with Crippen molar-refractivity contribution < 1.29 is 4.79 Å². The summed E-state index contributed by atoms with van der Waals surface area (Å²) in [6, 6.07) is 4.37. The molecular formula is C18H26N4OS2. The molecule has 3 atom stereocenters. The van der Waals surface area contributed by atoms with Crippen LogP contribution in [0.25, 0.3) is 10.7 Å². The zero-order valence-corrected chi connectivity index (χ0v) is 16.7. The quantitative estimate of drug-likeness (QED) is 0.770. The van der Waals surface area contributed by atoms with Crippen molar-refractivity contribution >= 4 is 29.0 Å². The number of amides is 1. The summed E-state index contributed by atoms with van der Waals surface area (Å²) in [6.45, 7) is 7.41. The largest absolute Gasteiger partial charge is 0.352 e. The van der Waals surface area contributed by atoms with Crippen molar-refractivity contribution in [3.63, 3.8) is 0 Å². The zero-order valence-electron chi connectivity index (χ0n) is 15.1. The van der Waals surface area contributed by atoms with Gasteiger partial charge in [0.2, 0.25) is 5.91 Å². The Morgan fingerprint density at radius 3 is 2.96 bits per heavy atom. The first kappa shape index (κ1) is 18.5. The van der Waals surface area contributed by atoms with Crippen LogP contribution in [0.3, 0.4) is 0 Å². The van der Waals surface area contributed by atoms with Crippen molar-refractivity contribution in [2.24, 2.45) is 11.8 Å². The predicted octanol–water partition coefficient (Wildman–Crippen LogP) is 4.06. The highest BCUT2D eigenvalue weighted by molar-refractivity contribution is 7.99. The van der Waals surface area contributed by atoms with Crippen LogP contribution in [0.1, 0.15) is 40.0 Å². The van der Waals surface area contributed by atoms with Gasteiger partial charge in [0.1, 0.15) is 0 Å². The fraction of sp³-hybridized carbons (Fsp3) is 0.611. The van der Waals surface area contributed by atoms with Crippen LogP contribution >= 0.6 is 23.1 Å². The van der Waals surface area contributed by atoms with E-state index in [1.807, 2.05) is 17.5 Å². The molecule has 2 aromatic heterocycles. The standard InChI is InChI=1S/C18H26N4OS2/c1-4-22-17(15-9-6-10-24-15)20-21-18(22)25-11-16(23)19-14-8-5-7-12(2)13(14)3/h6,9-10,12-14H,4-5,7-8,11H2,1-3H3,(H,19,23)/t12-,13+,14+/m1/s1. The Hall–Kier alpha value is -1.34. The van der Waals surface area contributed by atoms with Crippen LogP contribution < -0.4 is 5.32 Å². The second-order valence-corrected chi connectivity index (χ2v) is 8.65. The molecule has 1 aliphatic rings. The lowest BCUT2D eigenvalue weighted by molar-refractivity contribution is -0.120. The number of carbonyl (C=O) groups excluding carboxylic acids is 1.